The molecule has 0 amide bonds. The maximum atomic E-state index is 13.8. The first-order valence-electron chi connectivity index (χ1n) is 20.0. The quantitative estimate of drug-likeness (QED) is 0.0223. The number of carbonyl (C=O) groups excluding carboxylic acids is 1. The van der Waals surface area contributed by atoms with Crippen LogP contribution in [0.3, 0.4) is 0 Å². The van der Waals surface area contributed by atoms with Crippen molar-refractivity contribution in [1.82, 2.24) is 15.2 Å². The first-order valence-corrected chi connectivity index (χ1v) is 21.7. The van der Waals surface area contributed by atoms with Gasteiger partial charge in [-0.1, -0.05) is 42.5 Å². The predicted octanol–water partition coefficient (Wildman–Crippen LogP) is 6.44. The molecule has 1 saturated heterocycles. The number of nitrogens with zero attached hydrogens (tertiary/aromatic N) is 2. The largest absolute Gasteiger partial charge is 0.506 e. The number of esters is 1. The minimum atomic E-state index is -1.86. The Morgan fingerprint density at radius 1 is 0.983 bits per heavy atom. The number of phenolic OH excluding ortho intramolecular Hbond substituents is 1. The number of aromatic amines is 1. The third-order valence-corrected chi connectivity index (χ3v) is 13.7. The van der Waals surface area contributed by atoms with E-state index in [1.165, 1.54) is 45.4 Å². The molecule has 1 fully saturated rings. The number of piperidine rings is 1. The molecule has 11 nitrogen and oxygen atoms in total. The number of benzene rings is 3. The average molecular weight is 819 g/mol. The monoisotopic (exact) mass is 818 g/mol. The lowest BCUT2D eigenvalue weighted by Crippen LogP contribution is -2.43. The van der Waals surface area contributed by atoms with Gasteiger partial charge < -0.3 is 40.9 Å². The van der Waals surface area contributed by atoms with Crippen molar-refractivity contribution in [1.29, 1.82) is 0 Å². The fourth-order valence-electron chi connectivity index (χ4n) is 8.50. The summed E-state index contributed by atoms with van der Waals surface area (Å²) in [5.41, 5.74) is 12.6. The molecule has 4 heterocycles. The molecule has 0 radical (unpaired) electrons. The first kappa shape index (κ1) is 39.8. The number of H-pyrrole nitrogens is 1. The van der Waals surface area contributed by atoms with Crippen LogP contribution in [0.25, 0.3) is 21.3 Å². The number of rotatable bonds is 15. The van der Waals surface area contributed by atoms with Crippen molar-refractivity contribution >= 4 is 50.9 Å². The van der Waals surface area contributed by atoms with Crippen LogP contribution in [0.4, 0.5) is 11.4 Å². The Morgan fingerprint density at radius 2 is 1.79 bits per heavy atom. The molecule has 0 bridgehead atoms. The Morgan fingerprint density at radius 3 is 2.59 bits per heavy atom. The lowest BCUT2D eigenvalue weighted by molar-refractivity contribution is -0.169. The number of hydrazine groups is 1. The standard InChI is InChI=1S/C45H50N6O5S2/c46-36-27-31(28-48-21-18-29-12-14-37(52)42-34(29)13-17-41(53)49-42)33-9-4-10-35(33)43(36)51(47)23-6-22-50-24-19-32(20-25-50)56-44(54)45(55,39-11-5-26-57-39)40-16-15-38(58-40)30-7-2-1-3-8-30/h1-3,5,7-8,11-17,26-27,32,48,52,55H,4,6,9-10,18-25,28,46-47H2,(H,49,53). The molecule has 58 heavy (non-hydrogen) atoms. The maximum Gasteiger partial charge on any atom is 0.349 e. The minimum absolute atomic E-state index is 0.0678. The number of phenols is 1. The molecular formula is C45H50N6O5S2. The number of nitrogen functional groups attached to an aromatic ring is 1. The van der Waals surface area contributed by atoms with E-state index in [0.29, 0.717) is 46.9 Å². The topological polar surface area (TPSA) is 170 Å². The van der Waals surface area contributed by atoms with E-state index >= 15 is 0 Å². The summed E-state index contributed by atoms with van der Waals surface area (Å²) >= 11 is 2.76. The number of anilines is 2. The Bertz CT molecular complexity index is 2430. The van der Waals surface area contributed by atoms with Gasteiger partial charge in [-0.2, -0.15) is 0 Å². The van der Waals surface area contributed by atoms with Gasteiger partial charge in [-0.15, -0.1) is 22.7 Å². The third-order valence-electron chi connectivity index (χ3n) is 11.5. The molecule has 1 aliphatic carbocycles. The van der Waals surface area contributed by atoms with E-state index in [1.807, 2.05) is 65.0 Å². The highest BCUT2D eigenvalue weighted by molar-refractivity contribution is 7.16. The van der Waals surface area contributed by atoms with Gasteiger partial charge in [0.1, 0.15) is 11.9 Å². The normalized spacial score (nSPS) is 15.7. The Kier molecular flexibility index (Phi) is 12.0. The molecule has 2 aliphatic rings. The second-order valence-electron chi connectivity index (χ2n) is 15.3. The number of nitrogens with one attached hydrogen (secondary N) is 2. The van der Waals surface area contributed by atoms with Crippen LogP contribution in [0.1, 0.15) is 57.7 Å². The molecule has 1 atom stereocenters. The molecule has 13 heteroatoms. The SMILES string of the molecule is Nc1cc(CNCCc2ccc(O)c3[nH]c(=O)ccc23)c2c(c1N(N)CCCN1CCC(OC(=O)C(O)(c3cccs3)c3ccc(-c4ccccc4)s3)CC1)CCC2. The van der Waals surface area contributed by atoms with E-state index in [0.717, 1.165) is 85.4 Å². The number of hydrogen-bond donors (Lipinski definition) is 6. The zero-order chi connectivity index (χ0) is 40.2. The van der Waals surface area contributed by atoms with Crippen molar-refractivity contribution in [2.45, 2.75) is 63.2 Å². The number of pyridine rings is 1. The molecule has 3 aromatic heterocycles. The molecule has 6 aromatic rings. The van der Waals surface area contributed by atoms with Crippen molar-refractivity contribution in [3.8, 4) is 16.2 Å². The van der Waals surface area contributed by atoms with Crippen LogP contribution in [0, 0.1) is 0 Å². The summed E-state index contributed by atoms with van der Waals surface area (Å²) in [6, 6.07) is 26.2. The van der Waals surface area contributed by atoms with E-state index < -0.39 is 11.6 Å². The average Bonchev–Trinajstić information content (AvgIpc) is 4.05. The number of thiophene rings is 2. The second-order valence-corrected chi connectivity index (χ2v) is 17.3. The summed E-state index contributed by atoms with van der Waals surface area (Å²) in [6.45, 7) is 4.51. The van der Waals surface area contributed by atoms with E-state index in [1.54, 1.807) is 18.2 Å². The van der Waals surface area contributed by atoms with Crippen LogP contribution in [0.2, 0.25) is 0 Å². The molecule has 8 rings (SSSR count). The number of likely N-dealkylation sites (tertiary alicyclic amines) is 1. The van der Waals surface area contributed by atoms with Gasteiger partial charge in [-0.3, -0.25) is 4.79 Å². The van der Waals surface area contributed by atoms with Gasteiger partial charge in [0.2, 0.25) is 11.2 Å². The smallest absolute Gasteiger partial charge is 0.349 e. The minimum Gasteiger partial charge on any atom is -0.506 e. The Hall–Kier alpha value is -5.02. The number of fused-ring (bicyclic) bond motifs is 2. The summed E-state index contributed by atoms with van der Waals surface area (Å²) < 4.78 is 6.07. The van der Waals surface area contributed by atoms with Gasteiger partial charge in [-0.05, 0) is 128 Å². The maximum absolute atomic E-state index is 13.8. The molecule has 302 valence electrons. The number of hydrogen-bond acceptors (Lipinski definition) is 12. The number of carbonyl (C=O) groups is 1. The van der Waals surface area contributed by atoms with Crippen LogP contribution >= 0.6 is 22.7 Å². The second kappa shape index (κ2) is 17.5. The van der Waals surface area contributed by atoms with Crippen molar-refractivity contribution in [2.24, 2.45) is 5.84 Å². The molecule has 3 aromatic carbocycles. The molecule has 0 saturated carbocycles. The van der Waals surface area contributed by atoms with Crippen LogP contribution in [0.5, 0.6) is 5.75 Å². The molecule has 1 aliphatic heterocycles. The summed E-state index contributed by atoms with van der Waals surface area (Å²) in [7, 11) is 0. The van der Waals surface area contributed by atoms with Crippen molar-refractivity contribution in [3.05, 3.63) is 133 Å². The first-order chi connectivity index (χ1) is 28.2. The number of ether oxygens (including phenoxy) is 1. The van der Waals surface area contributed by atoms with Crippen molar-refractivity contribution in [2.75, 3.05) is 43.5 Å². The van der Waals surface area contributed by atoms with Gasteiger partial charge in [0.15, 0.2) is 0 Å². The van der Waals surface area contributed by atoms with E-state index in [4.69, 9.17) is 16.3 Å². The van der Waals surface area contributed by atoms with Crippen LogP contribution in [0.15, 0.2) is 95.1 Å². The molecule has 1 unspecified atom stereocenters. The third kappa shape index (κ3) is 8.28. The van der Waals surface area contributed by atoms with Gasteiger partial charge in [0, 0.05) is 42.5 Å². The van der Waals surface area contributed by atoms with Crippen LogP contribution < -0.4 is 27.5 Å². The van der Waals surface area contributed by atoms with Crippen LogP contribution in [-0.4, -0.2) is 64.9 Å². The highest BCUT2D eigenvalue weighted by Gasteiger charge is 2.45. The van der Waals surface area contributed by atoms with Crippen LogP contribution in [-0.2, 0) is 40.9 Å². The van der Waals surface area contributed by atoms with Crippen molar-refractivity contribution < 1.29 is 19.7 Å². The van der Waals surface area contributed by atoms with Gasteiger partial charge in [0.25, 0.3) is 0 Å². The summed E-state index contributed by atoms with van der Waals surface area (Å²) in [5, 5.41) is 30.4. The number of aromatic hydroxyl groups is 1. The lowest BCUT2D eigenvalue weighted by atomic mass is 9.99. The van der Waals surface area contributed by atoms with E-state index in [9.17, 15) is 19.8 Å². The molecule has 0 spiro atoms. The predicted molar refractivity (Wildman–Crippen MR) is 233 cm³/mol. The fourth-order valence-corrected chi connectivity index (χ4v) is 10.5. The summed E-state index contributed by atoms with van der Waals surface area (Å²) in [6.07, 6.45) is 5.72. The van der Waals surface area contributed by atoms with Crippen molar-refractivity contribution in [3.63, 3.8) is 0 Å². The zero-order valence-electron chi connectivity index (χ0n) is 32.4. The number of aromatic nitrogens is 1. The summed E-state index contributed by atoms with van der Waals surface area (Å²) in [5.74, 6) is 6.17. The van der Waals surface area contributed by atoms with Gasteiger partial charge in [-0.25, -0.2) is 10.6 Å². The number of aliphatic hydroxyl groups is 1. The van der Waals surface area contributed by atoms with E-state index in [2.05, 4.69) is 21.3 Å². The summed E-state index contributed by atoms with van der Waals surface area (Å²) in [4.78, 5) is 32.8. The Balaban J connectivity index is 0.823. The van der Waals surface area contributed by atoms with E-state index in [-0.39, 0.29) is 17.4 Å². The molecular weight excluding hydrogens is 769 g/mol. The van der Waals surface area contributed by atoms with Gasteiger partial charge >= 0.3 is 5.97 Å². The lowest BCUT2D eigenvalue weighted by Gasteiger charge is -2.34. The Labute approximate surface area is 345 Å². The highest BCUT2D eigenvalue weighted by atomic mass is 32.1. The fraction of sp³-hybridized carbons (Fsp3) is 0.333. The highest BCUT2D eigenvalue weighted by Crippen LogP contribution is 2.42. The van der Waals surface area contributed by atoms with Gasteiger partial charge in [0.05, 0.1) is 26.6 Å². The number of nitrogens with two attached hydrogens (primary N) is 2. The zero-order valence-corrected chi connectivity index (χ0v) is 34.0. The molecule has 8 N–H and O–H groups in total.